The number of anilines is 1. The van der Waals surface area contributed by atoms with Crippen LogP contribution in [0.25, 0.3) is 0 Å². The van der Waals surface area contributed by atoms with Gasteiger partial charge in [0, 0.05) is 17.8 Å². The molecule has 0 aliphatic carbocycles. The predicted molar refractivity (Wildman–Crippen MR) is 89.4 cm³/mol. The van der Waals surface area contributed by atoms with Crippen molar-refractivity contribution in [3.05, 3.63) is 48.0 Å². The Balaban J connectivity index is 2.26. The van der Waals surface area contributed by atoms with Crippen LogP contribution in [0.4, 0.5) is 5.69 Å². The monoisotopic (exact) mass is 315 g/mol. The van der Waals surface area contributed by atoms with Gasteiger partial charge in [0.05, 0.1) is 19.8 Å². The van der Waals surface area contributed by atoms with Gasteiger partial charge in [-0.15, -0.1) is 0 Å². The van der Waals surface area contributed by atoms with Crippen LogP contribution >= 0.6 is 0 Å². The predicted octanol–water partition coefficient (Wildman–Crippen LogP) is 3.33. The Kier molecular flexibility index (Phi) is 5.46. The third-order valence-corrected chi connectivity index (χ3v) is 3.47. The number of nitrogen functional groups attached to an aromatic ring is 1. The number of hydrogen-bond donors (Lipinski definition) is 1. The van der Waals surface area contributed by atoms with Crippen LogP contribution in [0.2, 0.25) is 0 Å². The molecular formula is C18H21NO4. The zero-order valence-electron chi connectivity index (χ0n) is 13.5. The highest BCUT2D eigenvalue weighted by Crippen LogP contribution is 2.27. The summed E-state index contributed by atoms with van der Waals surface area (Å²) in [6, 6.07) is 12.1. The molecular weight excluding hydrogens is 294 g/mol. The zero-order chi connectivity index (χ0) is 16.8. The lowest BCUT2D eigenvalue weighted by atomic mass is 10.0. The first-order chi connectivity index (χ1) is 11.1. The van der Waals surface area contributed by atoms with E-state index in [1.807, 2.05) is 6.92 Å². The summed E-state index contributed by atoms with van der Waals surface area (Å²) in [4.78, 5) is 12.8. The highest BCUT2D eigenvalue weighted by atomic mass is 16.5. The van der Waals surface area contributed by atoms with Gasteiger partial charge in [-0.05, 0) is 30.7 Å². The first kappa shape index (κ1) is 16.7. The second-order valence-electron chi connectivity index (χ2n) is 5.02. The molecule has 0 fully saturated rings. The Morgan fingerprint density at radius 3 is 2.48 bits per heavy atom. The maximum atomic E-state index is 12.8. The molecule has 0 saturated heterocycles. The summed E-state index contributed by atoms with van der Waals surface area (Å²) in [5.41, 5.74) is 6.79. The first-order valence-electron chi connectivity index (χ1n) is 7.37. The summed E-state index contributed by atoms with van der Waals surface area (Å²) in [5.74, 6) is 1.51. The second kappa shape index (κ2) is 7.54. The average Bonchev–Trinajstić information content (AvgIpc) is 2.58. The fraction of sp³-hybridized carbons (Fsp3) is 0.278. The van der Waals surface area contributed by atoms with Crippen molar-refractivity contribution in [2.45, 2.75) is 19.4 Å². The van der Waals surface area contributed by atoms with E-state index in [9.17, 15) is 4.79 Å². The van der Waals surface area contributed by atoms with E-state index in [4.69, 9.17) is 19.9 Å². The molecule has 2 aromatic rings. The maximum absolute atomic E-state index is 12.8. The van der Waals surface area contributed by atoms with Gasteiger partial charge in [0.15, 0.2) is 6.10 Å². The lowest BCUT2D eigenvalue weighted by Gasteiger charge is -2.18. The molecule has 5 nitrogen and oxygen atoms in total. The van der Waals surface area contributed by atoms with E-state index in [0.717, 1.165) is 0 Å². The van der Waals surface area contributed by atoms with E-state index in [0.29, 0.717) is 34.9 Å². The van der Waals surface area contributed by atoms with Crippen molar-refractivity contribution in [2.75, 3.05) is 20.0 Å². The van der Waals surface area contributed by atoms with Gasteiger partial charge in [-0.3, -0.25) is 4.79 Å². The molecule has 1 atom stereocenters. The van der Waals surface area contributed by atoms with Crippen molar-refractivity contribution >= 4 is 11.5 Å². The number of ketones is 1. The lowest BCUT2D eigenvalue weighted by molar-refractivity contribution is 0.0783. The van der Waals surface area contributed by atoms with Crippen LogP contribution in [-0.4, -0.2) is 26.1 Å². The Labute approximate surface area is 136 Å². The SMILES string of the molecule is CCC(Oc1cccc(N)c1)C(=O)c1ccc(OC)cc1OC. The van der Waals surface area contributed by atoms with E-state index >= 15 is 0 Å². The fourth-order valence-corrected chi connectivity index (χ4v) is 2.25. The molecule has 0 aliphatic heterocycles. The van der Waals surface area contributed by atoms with Crippen molar-refractivity contribution in [2.24, 2.45) is 0 Å². The number of methoxy groups -OCH3 is 2. The van der Waals surface area contributed by atoms with E-state index < -0.39 is 6.10 Å². The van der Waals surface area contributed by atoms with Crippen molar-refractivity contribution in [1.82, 2.24) is 0 Å². The maximum Gasteiger partial charge on any atom is 0.206 e. The quantitative estimate of drug-likeness (QED) is 0.627. The molecule has 2 rings (SSSR count). The third-order valence-electron chi connectivity index (χ3n) is 3.47. The van der Waals surface area contributed by atoms with Crippen LogP contribution in [0.15, 0.2) is 42.5 Å². The highest BCUT2D eigenvalue weighted by molar-refractivity contribution is 6.02. The molecule has 0 heterocycles. The molecule has 1 unspecified atom stereocenters. The molecule has 5 heteroatoms. The third kappa shape index (κ3) is 3.94. The normalized spacial score (nSPS) is 11.6. The molecule has 2 aromatic carbocycles. The summed E-state index contributed by atoms with van der Waals surface area (Å²) in [6.07, 6.45) is -0.0814. The van der Waals surface area contributed by atoms with Crippen LogP contribution in [-0.2, 0) is 0 Å². The minimum absolute atomic E-state index is 0.144. The van der Waals surface area contributed by atoms with Gasteiger partial charge in [0.2, 0.25) is 5.78 Å². The number of Topliss-reactive ketones (excluding diaryl/α,β-unsaturated/α-hetero) is 1. The van der Waals surface area contributed by atoms with Gasteiger partial charge < -0.3 is 19.9 Å². The number of nitrogens with two attached hydrogens (primary N) is 1. The number of ether oxygens (including phenoxy) is 3. The van der Waals surface area contributed by atoms with Gasteiger partial charge in [0.1, 0.15) is 17.2 Å². The largest absolute Gasteiger partial charge is 0.497 e. The molecule has 0 saturated carbocycles. The number of benzene rings is 2. The van der Waals surface area contributed by atoms with Gasteiger partial charge in [-0.2, -0.15) is 0 Å². The molecule has 23 heavy (non-hydrogen) atoms. The Hall–Kier alpha value is -2.69. The lowest BCUT2D eigenvalue weighted by Crippen LogP contribution is -2.27. The van der Waals surface area contributed by atoms with Crippen molar-refractivity contribution < 1.29 is 19.0 Å². The summed E-state index contributed by atoms with van der Waals surface area (Å²) in [6.45, 7) is 1.89. The van der Waals surface area contributed by atoms with Crippen LogP contribution in [0.3, 0.4) is 0 Å². The van der Waals surface area contributed by atoms with E-state index in [1.54, 1.807) is 49.6 Å². The molecule has 0 spiro atoms. The number of rotatable bonds is 7. The number of carbonyl (C=O) groups is 1. The molecule has 0 radical (unpaired) electrons. The van der Waals surface area contributed by atoms with Crippen molar-refractivity contribution in [1.29, 1.82) is 0 Å². The number of hydrogen-bond acceptors (Lipinski definition) is 5. The van der Waals surface area contributed by atoms with Gasteiger partial charge >= 0.3 is 0 Å². The molecule has 0 aromatic heterocycles. The summed E-state index contributed by atoms with van der Waals surface area (Å²) >= 11 is 0. The van der Waals surface area contributed by atoms with Gasteiger partial charge in [-0.25, -0.2) is 0 Å². The Morgan fingerprint density at radius 2 is 1.87 bits per heavy atom. The minimum Gasteiger partial charge on any atom is -0.497 e. The van der Waals surface area contributed by atoms with Gasteiger partial charge in [-0.1, -0.05) is 13.0 Å². The van der Waals surface area contributed by atoms with E-state index in [1.165, 1.54) is 7.11 Å². The zero-order valence-corrected chi connectivity index (χ0v) is 13.5. The molecule has 0 amide bonds. The van der Waals surface area contributed by atoms with Gasteiger partial charge in [0.25, 0.3) is 0 Å². The molecule has 0 aliphatic rings. The van der Waals surface area contributed by atoms with Crippen LogP contribution in [0.5, 0.6) is 17.2 Å². The topological polar surface area (TPSA) is 70.8 Å². The van der Waals surface area contributed by atoms with Crippen molar-refractivity contribution in [3.63, 3.8) is 0 Å². The minimum atomic E-state index is -0.612. The summed E-state index contributed by atoms with van der Waals surface area (Å²) in [7, 11) is 3.08. The molecule has 122 valence electrons. The molecule has 2 N–H and O–H groups in total. The Morgan fingerprint density at radius 1 is 1.09 bits per heavy atom. The van der Waals surface area contributed by atoms with Crippen LogP contribution < -0.4 is 19.9 Å². The molecule has 0 bridgehead atoms. The fourth-order valence-electron chi connectivity index (χ4n) is 2.25. The highest BCUT2D eigenvalue weighted by Gasteiger charge is 2.23. The van der Waals surface area contributed by atoms with E-state index in [-0.39, 0.29) is 5.78 Å². The van der Waals surface area contributed by atoms with Crippen LogP contribution in [0, 0.1) is 0 Å². The Bertz CT molecular complexity index is 684. The van der Waals surface area contributed by atoms with E-state index in [2.05, 4.69) is 0 Å². The summed E-state index contributed by atoms with van der Waals surface area (Å²) in [5, 5.41) is 0. The standard InChI is InChI=1S/C18H21NO4/c1-4-16(23-14-7-5-6-12(19)10-14)18(20)15-9-8-13(21-2)11-17(15)22-3/h5-11,16H,4,19H2,1-3H3. The first-order valence-corrected chi connectivity index (χ1v) is 7.37. The van der Waals surface area contributed by atoms with Crippen molar-refractivity contribution in [3.8, 4) is 17.2 Å². The smallest absolute Gasteiger partial charge is 0.206 e. The average molecular weight is 315 g/mol. The second-order valence-corrected chi connectivity index (χ2v) is 5.02. The number of carbonyl (C=O) groups excluding carboxylic acids is 1. The summed E-state index contributed by atoms with van der Waals surface area (Å²) < 4.78 is 16.2. The van der Waals surface area contributed by atoms with Crippen LogP contribution in [0.1, 0.15) is 23.7 Å².